The summed E-state index contributed by atoms with van der Waals surface area (Å²) in [5.74, 6) is 0.899. The highest BCUT2D eigenvalue weighted by Crippen LogP contribution is 2.29. The van der Waals surface area contributed by atoms with Crippen LogP contribution >= 0.6 is 11.8 Å². The highest BCUT2D eigenvalue weighted by atomic mass is 32.2. The maximum Gasteiger partial charge on any atom is 0.133 e. The summed E-state index contributed by atoms with van der Waals surface area (Å²) >= 11 is 1.70. The van der Waals surface area contributed by atoms with E-state index in [4.69, 9.17) is 5.11 Å². The second-order valence-electron chi connectivity index (χ2n) is 3.55. The molecule has 0 fully saturated rings. The molecule has 0 amide bonds. The lowest BCUT2D eigenvalue weighted by atomic mass is 10.2. The van der Waals surface area contributed by atoms with Gasteiger partial charge < -0.3 is 10.4 Å². The zero-order valence-corrected chi connectivity index (χ0v) is 10.8. The molecule has 16 heavy (non-hydrogen) atoms. The second kappa shape index (κ2) is 6.70. The van der Waals surface area contributed by atoms with E-state index in [-0.39, 0.29) is 6.61 Å². The minimum absolute atomic E-state index is 0.222. The number of thioether (sulfide) groups is 1. The van der Waals surface area contributed by atoms with Gasteiger partial charge in [-0.2, -0.15) is 0 Å². The topological polar surface area (TPSA) is 58.0 Å². The van der Waals surface area contributed by atoms with Crippen molar-refractivity contribution in [1.82, 2.24) is 9.97 Å². The van der Waals surface area contributed by atoms with Gasteiger partial charge in [-0.25, -0.2) is 9.97 Å². The lowest BCUT2D eigenvalue weighted by Crippen LogP contribution is -2.05. The number of nitrogens with zero attached hydrogens (tertiary/aromatic N) is 2. The molecule has 1 aromatic heterocycles. The van der Waals surface area contributed by atoms with Crippen LogP contribution in [0.5, 0.6) is 0 Å². The molecular weight excluding hydrogens is 222 g/mol. The van der Waals surface area contributed by atoms with E-state index in [9.17, 15) is 0 Å². The van der Waals surface area contributed by atoms with Crippen molar-refractivity contribution in [3.8, 4) is 0 Å². The molecule has 4 nitrogen and oxygen atoms in total. The lowest BCUT2D eigenvalue weighted by molar-refractivity contribution is 0.289. The fraction of sp³-hybridized carbons (Fsp3) is 0.636. The zero-order valence-electron chi connectivity index (χ0n) is 10.0. The van der Waals surface area contributed by atoms with Gasteiger partial charge in [-0.15, -0.1) is 11.8 Å². The van der Waals surface area contributed by atoms with E-state index in [1.165, 1.54) is 0 Å². The van der Waals surface area contributed by atoms with Crippen molar-refractivity contribution in [2.24, 2.45) is 0 Å². The summed E-state index contributed by atoms with van der Waals surface area (Å²) < 4.78 is 0. The first-order chi connectivity index (χ1) is 7.72. The van der Waals surface area contributed by atoms with Crippen LogP contribution in [0.15, 0.2) is 11.4 Å². The van der Waals surface area contributed by atoms with Gasteiger partial charge in [-0.05, 0) is 12.8 Å². The molecule has 0 saturated carbocycles. The van der Waals surface area contributed by atoms with Gasteiger partial charge in [0.2, 0.25) is 0 Å². The zero-order chi connectivity index (χ0) is 12.0. The highest BCUT2D eigenvalue weighted by Gasteiger charge is 2.12. The van der Waals surface area contributed by atoms with E-state index >= 15 is 0 Å². The molecule has 0 saturated heterocycles. The summed E-state index contributed by atoms with van der Waals surface area (Å²) in [4.78, 5) is 8.51. The van der Waals surface area contributed by atoms with Crippen molar-refractivity contribution in [3.63, 3.8) is 0 Å². The first kappa shape index (κ1) is 13.3. The second-order valence-corrected chi connectivity index (χ2v) is 4.98. The molecule has 0 aromatic carbocycles. The molecule has 1 heterocycles. The maximum absolute atomic E-state index is 8.88. The molecule has 0 aliphatic carbocycles. The van der Waals surface area contributed by atoms with E-state index in [0.29, 0.717) is 5.25 Å². The Kier molecular flexibility index (Phi) is 5.55. The fourth-order valence-corrected chi connectivity index (χ4v) is 2.56. The van der Waals surface area contributed by atoms with Crippen LogP contribution in [0.25, 0.3) is 0 Å². The molecule has 0 radical (unpaired) electrons. The Balaban J connectivity index is 2.86. The van der Waals surface area contributed by atoms with Crippen LogP contribution in [0.1, 0.15) is 25.8 Å². The molecule has 90 valence electrons. The Morgan fingerprint density at radius 1 is 1.50 bits per heavy atom. The van der Waals surface area contributed by atoms with Crippen LogP contribution < -0.4 is 5.32 Å². The summed E-state index contributed by atoms with van der Waals surface area (Å²) in [6, 6.07) is 0. The van der Waals surface area contributed by atoms with Crippen molar-refractivity contribution < 1.29 is 5.11 Å². The third-order valence-corrected chi connectivity index (χ3v) is 3.56. The smallest absolute Gasteiger partial charge is 0.133 e. The number of aliphatic hydroxyl groups is 1. The van der Waals surface area contributed by atoms with E-state index in [1.54, 1.807) is 18.1 Å². The number of hydrogen-bond donors (Lipinski definition) is 2. The van der Waals surface area contributed by atoms with Crippen LogP contribution in [-0.4, -0.2) is 34.0 Å². The first-order valence-corrected chi connectivity index (χ1v) is 6.40. The van der Waals surface area contributed by atoms with Gasteiger partial charge in [-0.3, -0.25) is 0 Å². The highest BCUT2D eigenvalue weighted by molar-refractivity contribution is 7.99. The van der Waals surface area contributed by atoms with Gasteiger partial charge >= 0.3 is 0 Å². The minimum Gasteiger partial charge on any atom is -0.396 e. The lowest BCUT2D eigenvalue weighted by Gasteiger charge is -2.13. The molecule has 0 spiro atoms. The van der Waals surface area contributed by atoms with Crippen LogP contribution in [-0.2, 0) is 6.42 Å². The van der Waals surface area contributed by atoms with Crippen molar-refractivity contribution in [2.75, 3.05) is 19.0 Å². The van der Waals surface area contributed by atoms with E-state index < -0.39 is 0 Å². The van der Waals surface area contributed by atoms with E-state index in [1.807, 2.05) is 7.05 Å². The Hall–Kier alpha value is -0.810. The summed E-state index contributed by atoms with van der Waals surface area (Å²) in [7, 11) is 1.87. The Labute approximate surface area is 101 Å². The molecule has 0 aliphatic rings. The van der Waals surface area contributed by atoms with Gasteiger partial charge in [0, 0.05) is 24.5 Å². The number of aliphatic hydroxyl groups excluding tert-OH is 1. The Bertz CT molecular complexity index is 333. The monoisotopic (exact) mass is 241 g/mol. The molecule has 0 bridgehead atoms. The van der Waals surface area contributed by atoms with Crippen molar-refractivity contribution in [2.45, 2.75) is 37.0 Å². The van der Waals surface area contributed by atoms with E-state index in [0.717, 1.165) is 29.2 Å². The normalized spacial score (nSPS) is 12.5. The van der Waals surface area contributed by atoms with Crippen molar-refractivity contribution in [3.05, 3.63) is 11.9 Å². The predicted octanol–water partition coefficient (Wildman–Crippen LogP) is 1.94. The molecule has 1 unspecified atom stereocenters. The van der Waals surface area contributed by atoms with Gasteiger partial charge in [-0.1, -0.05) is 13.8 Å². The molecule has 5 heteroatoms. The molecule has 0 aliphatic heterocycles. The first-order valence-electron chi connectivity index (χ1n) is 5.52. The summed E-state index contributed by atoms with van der Waals surface area (Å²) in [6.07, 6.45) is 3.27. The molecule has 1 atom stereocenters. The molecule has 1 rings (SSSR count). The SMILES string of the molecule is CCc1c(NC)ncnc1SC(C)CCO. The number of nitrogens with one attached hydrogen (secondary N) is 1. The predicted molar refractivity (Wildman–Crippen MR) is 68.0 cm³/mol. The third kappa shape index (κ3) is 3.35. The molecule has 1 aromatic rings. The average Bonchev–Trinajstić information content (AvgIpc) is 2.29. The minimum atomic E-state index is 0.222. The average molecular weight is 241 g/mol. The van der Waals surface area contributed by atoms with Gasteiger partial charge in [0.05, 0.1) is 0 Å². The number of rotatable bonds is 6. The molecule has 2 N–H and O–H groups in total. The standard InChI is InChI=1S/C11H19N3OS/c1-4-9-10(12-3)13-7-14-11(9)16-8(2)5-6-15/h7-8,15H,4-6H2,1-3H3,(H,12,13,14). The quantitative estimate of drug-likeness (QED) is 0.589. The van der Waals surface area contributed by atoms with Crippen LogP contribution in [0.3, 0.4) is 0 Å². The van der Waals surface area contributed by atoms with Crippen LogP contribution in [0, 0.1) is 0 Å². The Morgan fingerprint density at radius 2 is 2.25 bits per heavy atom. The summed E-state index contributed by atoms with van der Waals surface area (Å²) in [5, 5.41) is 13.3. The summed E-state index contributed by atoms with van der Waals surface area (Å²) in [5.41, 5.74) is 1.15. The largest absolute Gasteiger partial charge is 0.396 e. The fourth-order valence-electron chi connectivity index (χ4n) is 1.46. The number of anilines is 1. The molecular formula is C11H19N3OS. The third-order valence-electron chi connectivity index (χ3n) is 2.34. The van der Waals surface area contributed by atoms with E-state index in [2.05, 4.69) is 29.1 Å². The van der Waals surface area contributed by atoms with Crippen molar-refractivity contribution >= 4 is 17.6 Å². The van der Waals surface area contributed by atoms with Gasteiger partial charge in [0.25, 0.3) is 0 Å². The Morgan fingerprint density at radius 3 is 2.81 bits per heavy atom. The van der Waals surface area contributed by atoms with Gasteiger partial charge in [0.15, 0.2) is 0 Å². The van der Waals surface area contributed by atoms with Gasteiger partial charge in [0.1, 0.15) is 17.2 Å². The van der Waals surface area contributed by atoms with Crippen LogP contribution in [0.2, 0.25) is 0 Å². The number of aromatic nitrogens is 2. The van der Waals surface area contributed by atoms with Crippen molar-refractivity contribution in [1.29, 1.82) is 0 Å². The summed E-state index contributed by atoms with van der Waals surface area (Å²) in [6.45, 7) is 4.42. The maximum atomic E-state index is 8.88. The number of hydrogen-bond acceptors (Lipinski definition) is 5. The van der Waals surface area contributed by atoms with Crippen LogP contribution in [0.4, 0.5) is 5.82 Å².